The van der Waals surface area contributed by atoms with Gasteiger partial charge in [-0.1, -0.05) is 0 Å². The summed E-state index contributed by atoms with van der Waals surface area (Å²) in [6.07, 6.45) is 2.05. The molecule has 2 unspecified atom stereocenters. The summed E-state index contributed by atoms with van der Waals surface area (Å²) in [5.74, 6) is 0.846. The summed E-state index contributed by atoms with van der Waals surface area (Å²) in [6, 6.07) is 0.261. The lowest BCUT2D eigenvalue weighted by Gasteiger charge is -2.21. The first-order chi connectivity index (χ1) is 12.8. The molecule has 0 spiro atoms. The number of ether oxygens (including phenoxy) is 1. The second kappa shape index (κ2) is 12.0. The van der Waals surface area contributed by atoms with Crippen molar-refractivity contribution in [1.82, 2.24) is 25.3 Å². The van der Waals surface area contributed by atoms with E-state index in [1.54, 1.807) is 0 Å². The molecule has 1 aromatic heterocycles. The smallest absolute Gasteiger partial charge is 0.191 e. The zero-order chi connectivity index (χ0) is 20.4. The van der Waals surface area contributed by atoms with Crippen molar-refractivity contribution in [2.24, 2.45) is 12.0 Å². The largest absolute Gasteiger partial charge is 0.377 e. The van der Waals surface area contributed by atoms with E-state index in [1.165, 1.54) is 11.3 Å². The van der Waals surface area contributed by atoms with Gasteiger partial charge >= 0.3 is 0 Å². The average Bonchev–Trinajstić information content (AvgIpc) is 2.83. The van der Waals surface area contributed by atoms with E-state index in [1.807, 2.05) is 18.7 Å². The van der Waals surface area contributed by atoms with Gasteiger partial charge in [-0.3, -0.25) is 9.67 Å². The van der Waals surface area contributed by atoms with Gasteiger partial charge in [0.25, 0.3) is 0 Å². The second-order valence-corrected chi connectivity index (χ2v) is 7.41. The quantitative estimate of drug-likeness (QED) is 0.453. The topological polar surface area (TPSA) is 66.7 Å². The lowest BCUT2D eigenvalue weighted by Crippen LogP contribution is -2.43. The number of nitrogens with one attached hydrogen (secondary N) is 2. The predicted octanol–water partition coefficient (Wildman–Crippen LogP) is 1.88. The Morgan fingerprint density at radius 3 is 2.52 bits per heavy atom. The minimum Gasteiger partial charge on any atom is -0.377 e. The standard InChI is InChI=1S/C20H40N6O/c1-9-21-20(22-14-18(27-10-2)11-12-25(6)7)23-15(3)13-19-16(4)24-26(8)17(19)5/h15,18H,9-14H2,1-8H3,(H2,21,22,23). The molecule has 0 saturated carbocycles. The summed E-state index contributed by atoms with van der Waals surface area (Å²) in [5, 5.41) is 11.4. The van der Waals surface area contributed by atoms with Crippen molar-refractivity contribution in [3.8, 4) is 0 Å². The Labute approximate surface area is 165 Å². The summed E-state index contributed by atoms with van der Waals surface area (Å²) in [5.41, 5.74) is 3.64. The number of aryl methyl sites for hydroxylation is 2. The Kier molecular flexibility index (Phi) is 10.4. The van der Waals surface area contributed by atoms with Crippen molar-refractivity contribution in [3.05, 3.63) is 17.0 Å². The van der Waals surface area contributed by atoms with Crippen LogP contribution in [0, 0.1) is 13.8 Å². The van der Waals surface area contributed by atoms with Crippen LogP contribution in [-0.4, -0.2) is 73.1 Å². The molecule has 0 aliphatic carbocycles. The summed E-state index contributed by atoms with van der Waals surface area (Å²) >= 11 is 0. The number of aromatic nitrogens is 2. The van der Waals surface area contributed by atoms with Gasteiger partial charge in [0.15, 0.2) is 5.96 Å². The first-order valence-corrected chi connectivity index (χ1v) is 10.1. The monoisotopic (exact) mass is 380 g/mol. The Hall–Kier alpha value is -1.60. The number of aliphatic imine (C=N–C) groups is 1. The third-order valence-electron chi connectivity index (χ3n) is 4.65. The van der Waals surface area contributed by atoms with Crippen LogP contribution in [0.15, 0.2) is 4.99 Å². The van der Waals surface area contributed by atoms with Crippen molar-refractivity contribution in [3.63, 3.8) is 0 Å². The summed E-state index contributed by atoms with van der Waals surface area (Å²) in [7, 11) is 6.17. The Morgan fingerprint density at radius 2 is 2.00 bits per heavy atom. The van der Waals surface area contributed by atoms with Crippen LogP contribution in [0.25, 0.3) is 0 Å². The van der Waals surface area contributed by atoms with Crippen molar-refractivity contribution >= 4 is 5.96 Å². The molecular formula is C20H40N6O. The molecule has 0 saturated heterocycles. The molecule has 0 aromatic carbocycles. The molecule has 0 fully saturated rings. The van der Waals surface area contributed by atoms with Crippen LogP contribution < -0.4 is 10.6 Å². The lowest BCUT2D eigenvalue weighted by molar-refractivity contribution is 0.0582. The molecule has 0 aliphatic rings. The van der Waals surface area contributed by atoms with Gasteiger partial charge in [0.2, 0.25) is 0 Å². The van der Waals surface area contributed by atoms with Crippen LogP contribution in [0.1, 0.15) is 44.1 Å². The maximum Gasteiger partial charge on any atom is 0.191 e. The molecule has 7 heteroatoms. The van der Waals surface area contributed by atoms with Crippen molar-refractivity contribution in [1.29, 1.82) is 0 Å². The highest BCUT2D eigenvalue weighted by molar-refractivity contribution is 5.80. The van der Waals surface area contributed by atoms with E-state index in [9.17, 15) is 0 Å². The molecular weight excluding hydrogens is 340 g/mol. The SMILES string of the molecule is CCNC(=NCC(CCN(C)C)OCC)NC(C)Cc1c(C)nn(C)c1C. The van der Waals surface area contributed by atoms with Crippen LogP contribution in [0.4, 0.5) is 0 Å². The van der Waals surface area contributed by atoms with Gasteiger partial charge in [-0.15, -0.1) is 0 Å². The van der Waals surface area contributed by atoms with Gasteiger partial charge in [0.05, 0.1) is 18.3 Å². The van der Waals surface area contributed by atoms with Crippen LogP contribution >= 0.6 is 0 Å². The third kappa shape index (κ3) is 8.30. The van der Waals surface area contributed by atoms with Gasteiger partial charge in [-0.05, 0) is 67.1 Å². The maximum absolute atomic E-state index is 5.86. The lowest BCUT2D eigenvalue weighted by atomic mass is 10.1. The highest BCUT2D eigenvalue weighted by Crippen LogP contribution is 2.14. The van der Waals surface area contributed by atoms with E-state index in [-0.39, 0.29) is 12.1 Å². The first kappa shape index (κ1) is 23.4. The number of hydrogen-bond donors (Lipinski definition) is 2. The van der Waals surface area contributed by atoms with Crippen LogP contribution in [0.3, 0.4) is 0 Å². The van der Waals surface area contributed by atoms with E-state index in [2.05, 4.69) is 62.4 Å². The molecule has 156 valence electrons. The molecule has 2 N–H and O–H groups in total. The van der Waals surface area contributed by atoms with Gasteiger partial charge in [-0.25, -0.2) is 0 Å². The van der Waals surface area contributed by atoms with Gasteiger partial charge in [0, 0.05) is 38.5 Å². The van der Waals surface area contributed by atoms with Gasteiger partial charge in [0.1, 0.15) is 0 Å². The summed E-state index contributed by atoms with van der Waals surface area (Å²) < 4.78 is 7.81. The van der Waals surface area contributed by atoms with Crippen LogP contribution in [0.2, 0.25) is 0 Å². The zero-order valence-electron chi connectivity index (χ0n) is 18.6. The maximum atomic E-state index is 5.86. The molecule has 27 heavy (non-hydrogen) atoms. The highest BCUT2D eigenvalue weighted by atomic mass is 16.5. The fourth-order valence-electron chi connectivity index (χ4n) is 3.08. The third-order valence-corrected chi connectivity index (χ3v) is 4.65. The van der Waals surface area contributed by atoms with E-state index < -0.39 is 0 Å². The van der Waals surface area contributed by atoms with Gasteiger partial charge < -0.3 is 20.3 Å². The Morgan fingerprint density at radius 1 is 1.30 bits per heavy atom. The fraction of sp³-hybridized carbons (Fsp3) is 0.800. The van der Waals surface area contributed by atoms with E-state index in [0.29, 0.717) is 13.2 Å². The van der Waals surface area contributed by atoms with Crippen molar-refractivity contribution in [2.75, 3.05) is 40.3 Å². The van der Waals surface area contributed by atoms with Gasteiger partial charge in [-0.2, -0.15) is 5.10 Å². The Bertz CT molecular complexity index is 581. The molecule has 7 nitrogen and oxygen atoms in total. The number of nitrogens with zero attached hydrogens (tertiary/aromatic N) is 4. The fourth-order valence-corrected chi connectivity index (χ4v) is 3.08. The summed E-state index contributed by atoms with van der Waals surface area (Å²) in [6.45, 7) is 13.7. The summed E-state index contributed by atoms with van der Waals surface area (Å²) in [4.78, 5) is 6.95. The average molecular weight is 381 g/mol. The minimum atomic E-state index is 0.144. The zero-order valence-corrected chi connectivity index (χ0v) is 18.6. The van der Waals surface area contributed by atoms with Crippen molar-refractivity contribution in [2.45, 2.75) is 59.6 Å². The molecule has 0 radical (unpaired) electrons. The Balaban J connectivity index is 2.70. The molecule has 1 aromatic rings. The van der Waals surface area contributed by atoms with Crippen LogP contribution in [-0.2, 0) is 18.2 Å². The molecule has 0 aliphatic heterocycles. The number of rotatable bonds is 11. The van der Waals surface area contributed by atoms with E-state index >= 15 is 0 Å². The molecule has 0 bridgehead atoms. The normalized spacial score (nSPS) is 14.5. The number of hydrogen-bond acceptors (Lipinski definition) is 4. The molecule has 1 rings (SSSR count). The molecule has 0 amide bonds. The van der Waals surface area contributed by atoms with E-state index in [4.69, 9.17) is 9.73 Å². The number of guanidine groups is 1. The molecule has 2 atom stereocenters. The highest BCUT2D eigenvalue weighted by Gasteiger charge is 2.15. The second-order valence-electron chi connectivity index (χ2n) is 7.41. The molecule has 1 heterocycles. The minimum absolute atomic E-state index is 0.144. The predicted molar refractivity (Wildman–Crippen MR) is 114 cm³/mol. The first-order valence-electron chi connectivity index (χ1n) is 10.1. The van der Waals surface area contributed by atoms with Crippen molar-refractivity contribution < 1.29 is 4.74 Å². The van der Waals surface area contributed by atoms with Crippen LogP contribution in [0.5, 0.6) is 0 Å². The van der Waals surface area contributed by atoms with E-state index in [0.717, 1.165) is 37.6 Å².